The molecule has 0 aliphatic carbocycles. The molecule has 0 saturated carbocycles. The van der Waals surface area contributed by atoms with Crippen LogP contribution in [0, 0.1) is 0 Å². The average Bonchev–Trinajstić information content (AvgIpc) is 2.61. The summed E-state index contributed by atoms with van der Waals surface area (Å²) >= 11 is 18.1. The number of amides is 1. The molecule has 0 heterocycles. The molecule has 0 saturated heterocycles. The molecule has 152 valence electrons. The van der Waals surface area contributed by atoms with E-state index in [-0.39, 0.29) is 34.6 Å². The third-order valence-electron chi connectivity index (χ3n) is 4.00. The van der Waals surface area contributed by atoms with Gasteiger partial charge in [-0.2, -0.15) is 0 Å². The smallest absolute Gasteiger partial charge is 0.232 e. The molecule has 0 fully saturated rings. The maximum Gasteiger partial charge on any atom is 0.232 e. The lowest BCUT2D eigenvalue weighted by Crippen LogP contribution is -2.33. The molecular formula is C19H21Cl3N2O3S. The number of carbonyl (C=O) groups is 1. The number of hydrogen-bond acceptors (Lipinski definition) is 3. The van der Waals surface area contributed by atoms with Crippen LogP contribution in [0.2, 0.25) is 15.1 Å². The van der Waals surface area contributed by atoms with Crippen molar-refractivity contribution in [1.29, 1.82) is 0 Å². The van der Waals surface area contributed by atoms with Crippen LogP contribution >= 0.6 is 34.8 Å². The Morgan fingerprint density at radius 2 is 1.64 bits per heavy atom. The minimum atomic E-state index is -3.60. The van der Waals surface area contributed by atoms with Crippen molar-refractivity contribution < 1.29 is 13.2 Å². The molecule has 9 heteroatoms. The standard InChI is InChI=1S/C19H21Cl3N2O3S/c1-28(26,27)24(19-16(21)4-2-5-17(19)22)13-3-6-18(25)23-12-11-14-7-9-15(20)10-8-14/h2,4-5,7-10H,3,6,11-13H2,1H3,(H,23,25). The summed E-state index contributed by atoms with van der Waals surface area (Å²) in [6.45, 7) is 0.597. The number of anilines is 1. The predicted molar refractivity (Wildman–Crippen MR) is 116 cm³/mol. The summed E-state index contributed by atoms with van der Waals surface area (Å²) in [5.74, 6) is -0.146. The SMILES string of the molecule is CS(=O)(=O)N(CCCC(=O)NCCc1ccc(Cl)cc1)c1c(Cl)cccc1Cl. The van der Waals surface area contributed by atoms with Gasteiger partial charge in [-0.3, -0.25) is 9.10 Å². The molecule has 0 spiro atoms. The minimum absolute atomic E-state index is 0.104. The minimum Gasteiger partial charge on any atom is -0.356 e. The lowest BCUT2D eigenvalue weighted by Gasteiger charge is -2.24. The molecule has 5 nitrogen and oxygen atoms in total. The highest BCUT2D eigenvalue weighted by molar-refractivity contribution is 7.92. The van der Waals surface area contributed by atoms with E-state index in [0.717, 1.165) is 16.1 Å². The summed E-state index contributed by atoms with van der Waals surface area (Å²) in [5, 5.41) is 3.98. The van der Waals surface area contributed by atoms with Gasteiger partial charge in [-0.25, -0.2) is 8.42 Å². The quantitative estimate of drug-likeness (QED) is 0.593. The zero-order valence-electron chi connectivity index (χ0n) is 15.3. The largest absolute Gasteiger partial charge is 0.356 e. The van der Waals surface area contributed by atoms with E-state index >= 15 is 0 Å². The van der Waals surface area contributed by atoms with Crippen molar-refractivity contribution in [2.45, 2.75) is 19.3 Å². The summed E-state index contributed by atoms with van der Waals surface area (Å²) in [5.41, 5.74) is 1.30. The second kappa shape index (κ2) is 10.3. The second-order valence-electron chi connectivity index (χ2n) is 6.24. The number of nitrogens with zero attached hydrogens (tertiary/aromatic N) is 1. The van der Waals surface area contributed by atoms with Crippen LogP contribution in [-0.4, -0.2) is 33.7 Å². The molecule has 1 N–H and O–H groups in total. The highest BCUT2D eigenvalue weighted by Gasteiger charge is 2.22. The van der Waals surface area contributed by atoms with Gasteiger partial charge < -0.3 is 5.32 Å². The molecule has 0 atom stereocenters. The van der Waals surface area contributed by atoms with Gasteiger partial charge in [-0.15, -0.1) is 0 Å². The van der Waals surface area contributed by atoms with E-state index in [1.807, 2.05) is 12.1 Å². The predicted octanol–water partition coefficient (Wildman–Crippen LogP) is 4.55. The Kier molecular flexibility index (Phi) is 8.43. The molecule has 0 bridgehead atoms. The molecule has 2 aromatic carbocycles. The Balaban J connectivity index is 1.86. The van der Waals surface area contributed by atoms with E-state index < -0.39 is 10.0 Å². The fraction of sp³-hybridized carbons (Fsp3) is 0.316. The van der Waals surface area contributed by atoms with E-state index in [1.54, 1.807) is 30.3 Å². The molecule has 2 aromatic rings. The monoisotopic (exact) mass is 462 g/mol. The summed E-state index contributed by atoms with van der Waals surface area (Å²) in [4.78, 5) is 12.0. The first-order valence-electron chi connectivity index (χ1n) is 8.61. The first kappa shape index (κ1) is 22.8. The van der Waals surface area contributed by atoms with Gasteiger partial charge in [-0.05, 0) is 42.7 Å². The van der Waals surface area contributed by atoms with Gasteiger partial charge in [0.15, 0.2) is 0 Å². The van der Waals surface area contributed by atoms with Gasteiger partial charge in [0.25, 0.3) is 0 Å². The number of carbonyl (C=O) groups excluding carboxylic acids is 1. The molecule has 0 aromatic heterocycles. The van der Waals surface area contributed by atoms with E-state index in [1.165, 1.54) is 0 Å². The van der Waals surface area contributed by atoms with Gasteiger partial charge >= 0.3 is 0 Å². The van der Waals surface area contributed by atoms with Crippen LogP contribution in [0.1, 0.15) is 18.4 Å². The van der Waals surface area contributed by atoms with Crippen molar-refractivity contribution >= 4 is 56.4 Å². The van der Waals surface area contributed by atoms with Crippen LogP contribution in [0.3, 0.4) is 0 Å². The van der Waals surface area contributed by atoms with Crippen molar-refractivity contribution in [3.8, 4) is 0 Å². The summed E-state index contributed by atoms with van der Waals surface area (Å²) in [6, 6.07) is 12.2. The first-order valence-corrected chi connectivity index (χ1v) is 11.6. The zero-order valence-corrected chi connectivity index (χ0v) is 18.4. The molecule has 1 amide bonds. The van der Waals surface area contributed by atoms with Crippen LogP contribution in [0.4, 0.5) is 5.69 Å². The van der Waals surface area contributed by atoms with Crippen LogP contribution in [0.5, 0.6) is 0 Å². The second-order valence-corrected chi connectivity index (χ2v) is 9.39. The van der Waals surface area contributed by atoms with E-state index in [4.69, 9.17) is 34.8 Å². The lowest BCUT2D eigenvalue weighted by molar-refractivity contribution is -0.121. The van der Waals surface area contributed by atoms with Gasteiger partial charge in [0.05, 0.1) is 22.0 Å². The van der Waals surface area contributed by atoms with Crippen molar-refractivity contribution in [1.82, 2.24) is 5.32 Å². The maximum absolute atomic E-state index is 12.2. The number of sulfonamides is 1. The summed E-state index contributed by atoms with van der Waals surface area (Å²) in [6.07, 6.45) is 2.29. The number of benzene rings is 2. The van der Waals surface area contributed by atoms with E-state index in [9.17, 15) is 13.2 Å². The highest BCUT2D eigenvalue weighted by Crippen LogP contribution is 2.35. The van der Waals surface area contributed by atoms with Crippen LogP contribution < -0.4 is 9.62 Å². The number of halogens is 3. The number of rotatable bonds is 9. The third-order valence-corrected chi connectivity index (χ3v) is 6.03. The fourth-order valence-electron chi connectivity index (χ4n) is 2.64. The molecule has 0 radical (unpaired) electrons. The van der Waals surface area contributed by atoms with Crippen LogP contribution in [-0.2, 0) is 21.2 Å². The molecule has 0 aliphatic heterocycles. The van der Waals surface area contributed by atoms with Crippen molar-refractivity contribution in [2.75, 3.05) is 23.7 Å². The Morgan fingerprint density at radius 3 is 2.21 bits per heavy atom. The topological polar surface area (TPSA) is 66.5 Å². The highest BCUT2D eigenvalue weighted by atomic mass is 35.5. The normalized spacial score (nSPS) is 11.3. The maximum atomic E-state index is 12.2. The molecule has 0 aliphatic rings. The average molecular weight is 464 g/mol. The van der Waals surface area contributed by atoms with E-state index in [0.29, 0.717) is 24.4 Å². The number of hydrogen-bond donors (Lipinski definition) is 1. The van der Waals surface area contributed by atoms with Crippen molar-refractivity contribution in [3.05, 3.63) is 63.1 Å². The lowest BCUT2D eigenvalue weighted by atomic mass is 10.1. The Hall–Kier alpha value is -1.47. The zero-order chi connectivity index (χ0) is 20.7. The molecule has 28 heavy (non-hydrogen) atoms. The van der Waals surface area contributed by atoms with E-state index in [2.05, 4.69) is 5.32 Å². The Morgan fingerprint density at radius 1 is 1.04 bits per heavy atom. The Labute approximate surface area is 180 Å². The van der Waals surface area contributed by atoms with Crippen LogP contribution in [0.15, 0.2) is 42.5 Å². The van der Waals surface area contributed by atoms with Crippen molar-refractivity contribution in [2.24, 2.45) is 0 Å². The molecule has 0 unspecified atom stereocenters. The fourth-order valence-corrected chi connectivity index (χ4v) is 4.46. The van der Waals surface area contributed by atoms with Gasteiger partial charge in [0.1, 0.15) is 0 Å². The van der Waals surface area contributed by atoms with Crippen molar-refractivity contribution in [3.63, 3.8) is 0 Å². The Bertz CT molecular complexity index is 898. The summed E-state index contributed by atoms with van der Waals surface area (Å²) < 4.78 is 25.5. The third kappa shape index (κ3) is 6.85. The molecule has 2 rings (SSSR count). The van der Waals surface area contributed by atoms with Crippen LogP contribution in [0.25, 0.3) is 0 Å². The number of nitrogens with one attached hydrogen (secondary N) is 1. The number of para-hydroxylation sites is 1. The first-order chi connectivity index (χ1) is 13.2. The summed E-state index contributed by atoms with van der Waals surface area (Å²) in [7, 11) is -3.60. The van der Waals surface area contributed by atoms with Gasteiger partial charge in [0.2, 0.25) is 15.9 Å². The van der Waals surface area contributed by atoms with Gasteiger partial charge in [0, 0.05) is 24.5 Å². The molecular weight excluding hydrogens is 443 g/mol. The van der Waals surface area contributed by atoms with Gasteiger partial charge in [-0.1, -0.05) is 53.0 Å².